The highest BCUT2D eigenvalue weighted by molar-refractivity contribution is 6.39. The molecule has 0 heterocycles. The number of amides is 1. The molecule has 0 atom stereocenters. The molecule has 1 rings (SSSR count). The molecule has 0 radical (unpaired) electrons. The third-order valence-corrected chi connectivity index (χ3v) is 2.39. The molecule has 0 aromatic heterocycles. The highest BCUT2D eigenvalue weighted by Gasteiger charge is 2.08. The van der Waals surface area contributed by atoms with Crippen LogP contribution in [0.2, 0.25) is 10.0 Å². The van der Waals surface area contributed by atoms with Crippen LogP contribution in [0.5, 0.6) is 0 Å². The molecule has 1 amide bonds. The van der Waals surface area contributed by atoms with Gasteiger partial charge >= 0.3 is 0 Å². The molecule has 0 fully saturated rings. The Morgan fingerprint density at radius 3 is 2.38 bits per heavy atom. The van der Waals surface area contributed by atoms with Crippen LogP contribution in [0.15, 0.2) is 18.2 Å². The quantitative estimate of drug-likeness (QED) is 0.785. The van der Waals surface area contributed by atoms with E-state index in [-0.39, 0.29) is 24.9 Å². The zero-order valence-electron chi connectivity index (χ0n) is 8.69. The van der Waals surface area contributed by atoms with Gasteiger partial charge in [0.1, 0.15) is 0 Å². The van der Waals surface area contributed by atoms with Crippen LogP contribution in [-0.4, -0.2) is 19.0 Å². The molecule has 0 saturated heterocycles. The number of hydrogen-bond donors (Lipinski definition) is 2. The minimum atomic E-state index is -0.160. The minimum absolute atomic E-state index is 0. The van der Waals surface area contributed by atoms with Gasteiger partial charge in [-0.3, -0.25) is 4.79 Å². The first-order valence-corrected chi connectivity index (χ1v) is 5.35. The highest BCUT2D eigenvalue weighted by Crippen LogP contribution is 2.29. The van der Waals surface area contributed by atoms with Crippen LogP contribution >= 0.6 is 23.2 Å². The van der Waals surface area contributed by atoms with Crippen molar-refractivity contribution in [2.45, 2.75) is 6.92 Å². The van der Waals surface area contributed by atoms with E-state index in [9.17, 15) is 4.79 Å². The maximum atomic E-state index is 11.4. The number of rotatable bonds is 4. The van der Waals surface area contributed by atoms with Crippen molar-refractivity contribution < 1.29 is 17.2 Å². The van der Waals surface area contributed by atoms with E-state index in [1.54, 1.807) is 18.2 Å². The summed E-state index contributed by atoms with van der Waals surface area (Å²) < 4.78 is 0. The van der Waals surface area contributed by atoms with Gasteiger partial charge in [0.25, 0.3) is 0 Å². The fourth-order valence-corrected chi connectivity index (χ4v) is 1.53. The molecule has 1 aromatic carbocycles. The molecule has 90 valence electrons. The molecule has 0 aliphatic heterocycles. The van der Waals surface area contributed by atoms with Crippen molar-refractivity contribution in [3.05, 3.63) is 28.2 Å². The number of likely N-dealkylation sites (N-methyl/N-ethyl adjacent to an activating group) is 1. The summed E-state index contributed by atoms with van der Waals surface area (Å²) in [5.74, 6) is -0.160. The number of hydrogen-bond acceptors (Lipinski definition) is 2. The second-order valence-electron chi connectivity index (χ2n) is 2.93. The largest absolute Gasteiger partial charge is 1.00 e. The second kappa shape index (κ2) is 7.74. The van der Waals surface area contributed by atoms with Crippen LogP contribution in [0, 0.1) is 0 Å². The average molecular weight is 283 g/mol. The van der Waals surface area contributed by atoms with E-state index in [4.69, 9.17) is 23.2 Å². The first-order chi connectivity index (χ1) is 7.15. The molecule has 0 spiro atoms. The van der Waals surface area contributed by atoms with Gasteiger partial charge in [-0.05, 0) is 18.7 Å². The summed E-state index contributed by atoms with van der Waals surface area (Å²) >= 11 is 11.8. The Hall–Kier alpha value is -0.480. The predicted octanol–water partition coefficient (Wildman–Crippen LogP) is -0.455. The Morgan fingerprint density at radius 1 is 1.31 bits per heavy atom. The molecule has 16 heavy (non-hydrogen) atoms. The number of carbonyl (C=O) groups excluding carboxylic acids is 1. The molecule has 3 nitrogen and oxygen atoms in total. The van der Waals surface area contributed by atoms with E-state index in [0.717, 1.165) is 6.54 Å². The van der Waals surface area contributed by atoms with Gasteiger partial charge < -0.3 is 23.0 Å². The predicted molar refractivity (Wildman–Crippen MR) is 63.6 cm³/mol. The van der Waals surface area contributed by atoms with Crippen LogP contribution in [0.1, 0.15) is 6.92 Å². The Balaban J connectivity index is 0.00000225. The number of anilines is 1. The lowest BCUT2D eigenvalue weighted by atomic mass is 10.3. The first-order valence-electron chi connectivity index (χ1n) is 4.59. The van der Waals surface area contributed by atoms with Crippen LogP contribution in [-0.2, 0) is 4.79 Å². The molecule has 0 bridgehead atoms. The Bertz CT molecular complexity index is 338. The number of halogens is 3. The molecule has 0 aliphatic carbocycles. The highest BCUT2D eigenvalue weighted by atomic mass is 35.5. The third kappa shape index (κ3) is 4.58. The van der Waals surface area contributed by atoms with Gasteiger partial charge in [-0.1, -0.05) is 36.2 Å². The van der Waals surface area contributed by atoms with E-state index >= 15 is 0 Å². The monoisotopic (exact) mass is 281 g/mol. The lowest BCUT2D eigenvalue weighted by Gasteiger charge is -2.08. The average Bonchev–Trinajstić information content (AvgIpc) is 2.21. The molecule has 0 unspecified atom stereocenters. The van der Waals surface area contributed by atoms with E-state index in [0.29, 0.717) is 15.7 Å². The van der Waals surface area contributed by atoms with Crippen molar-refractivity contribution in [3.8, 4) is 0 Å². The summed E-state index contributed by atoms with van der Waals surface area (Å²) in [7, 11) is 0. The van der Waals surface area contributed by atoms with Crippen LogP contribution in [0.25, 0.3) is 0 Å². The topological polar surface area (TPSA) is 41.1 Å². The number of para-hydroxylation sites is 1. The summed E-state index contributed by atoms with van der Waals surface area (Å²) in [4.78, 5) is 11.4. The van der Waals surface area contributed by atoms with Gasteiger partial charge in [0, 0.05) is 0 Å². The molecular formula is C10H12Cl3N2O-. The Kier molecular flexibility index (Phi) is 7.51. The molecule has 2 N–H and O–H groups in total. The van der Waals surface area contributed by atoms with Gasteiger partial charge in [-0.25, -0.2) is 0 Å². The molecular weight excluding hydrogens is 270 g/mol. The van der Waals surface area contributed by atoms with Crippen molar-refractivity contribution in [2.75, 3.05) is 18.4 Å². The van der Waals surface area contributed by atoms with Crippen LogP contribution < -0.4 is 23.0 Å². The third-order valence-electron chi connectivity index (χ3n) is 1.76. The van der Waals surface area contributed by atoms with Crippen molar-refractivity contribution in [2.24, 2.45) is 0 Å². The summed E-state index contributed by atoms with van der Waals surface area (Å²) in [5.41, 5.74) is 0.462. The zero-order valence-corrected chi connectivity index (χ0v) is 11.0. The number of carbonyl (C=O) groups is 1. The smallest absolute Gasteiger partial charge is 0.238 e. The van der Waals surface area contributed by atoms with Crippen molar-refractivity contribution >= 4 is 34.8 Å². The fourth-order valence-electron chi connectivity index (χ4n) is 1.04. The SMILES string of the molecule is CCNCC(=O)Nc1c(Cl)cccc1Cl.[Cl-]. The lowest BCUT2D eigenvalue weighted by molar-refractivity contribution is -0.115. The van der Waals surface area contributed by atoms with Gasteiger partial charge in [-0.2, -0.15) is 0 Å². The Morgan fingerprint density at radius 2 is 1.88 bits per heavy atom. The van der Waals surface area contributed by atoms with Crippen molar-refractivity contribution in [1.29, 1.82) is 0 Å². The van der Waals surface area contributed by atoms with E-state index in [2.05, 4.69) is 10.6 Å². The summed E-state index contributed by atoms with van der Waals surface area (Å²) in [6, 6.07) is 5.08. The normalized spacial score (nSPS) is 9.44. The van der Waals surface area contributed by atoms with Crippen molar-refractivity contribution in [1.82, 2.24) is 5.32 Å². The lowest BCUT2D eigenvalue weighted by Crippen LogP contribution is -3.00. The van der Waals surface area contributed by atoms with E-state index in [1.807, 2.05) is 6.92 Å². The van der Waals surface area contributed by atoms with Gasteiger partial charge in [0.15, 0.2) is 0 Å². The maximum absolute atomic E-state index is 11.4. The van der Waals surface area contributed by atoms with E-state index in [1.165, 1.54) is 0 Å². The molecule has 6 heteroatoms. The Labute approximate surface area is 111 Å². The van der Waals surface area contributed by atoms with Gasteiger partial charge in [0.2, 0.25) is 5.91 Å². The summed E-state index contributed by atoms with van der Waals surface area (Å²) in [6.45, 7) is 2.91. The second-order valence-corrected chi connectivity index (χ2v) is 3.74. The number of nitrogens with one attached hydrogen (secondary N) is 2. The van der Waals surface area contributed by atoms with E-state index < -0.39 is 0 Å². The van der Waals surface area contributed by atoms with Gasteiger partial charge in [0.05, 0.1) is 22.3 Å². The molecule has 0 aliphatic rings. The van der Waals surface area contributed by atoms with Crippen molar-refractivity contribution in [3.63, 3.8) is 0 Å². The van der Waals surface area contributed by atoms with Crippen LogP contribution in [0.3, 0.4) is 0 Å². The van der Waals surface area contributed by atoms with Gasteiger partial charge in [-0.15, -0.1) is 0 Å². The summed E-state index contributed by atoms with van der Waals surface area (Å²) in [6.07, 6.45) is 0. The zero-order chi connectivity index (χ0) is 11.3. The standard InChI is InChI=1S/C10H12Cl2N2O.ClH/c1-2-13-6-9(15)14-10-7(11)4-3-5-8(10)12;/h3-5,13H,2,6H2,1H3,(H,14,15);1H/p-1. The molecule has 1 aromatic rings. The fraction of sp³-hybridized carbons (Fsp3) is 0.300. The van der Waals surface area contributed by atoms with Crippen LogP contribution in [0.4, 0.5) is 5.69 Å². The summed E-state index contributed by atoms with van der Waals surface area (Å²) in [5, 5.41) is 6.43. The minimum Gasteiger partial charge on any atom is -1.00 e. The first kappa shape index (κ1) is 15.5. The maximum Gasteiger partial charge on any atom is 0.238 e. The number of benzene rings is 1. The molecule has 0 saturated carbocycles.